The van der Waals surface area contributed by atoms with E-state index in [-0.39, 0.29) is 6.04 Å². The van der Waals surface area contributed by atoms with Gasteiger partial charge in [0.15, 0.2) is 0 Å². The maximum absolute atomic E-state index is 5.53. The highest BCUT2D eigenvalue weighted by Gasteiger charge is 2.16. The fourth-order valence-corrected chi connectivity index (χ4v) is 2.70. The normalized spacial score (nSPS) is 12.2. The van der Waals surface area contributed by atoms with Crippen LogP contribution in [0.3, 0.4) is 0 Å². The Kier molecular flexibility index (Phi) is 5.15. The van der Waals surface area contributed by atoms with E-state index in [2.05, 4.69) is 51.4 Å². The minimum atomic E-state index is 0.0807. The topological polar surface area (TPSA) is 34.1 Å². The average molecular weight is 335 g/mol. The van der Waals surface area contributed by atoms with E-state index in [4.69, 9.17) is 4.74 Å². The Morgan fingerprint density at radius 1 is 1.30 bits per heavy atom. The standard InChI is InChI=1S/C16H19BrN2O/c1-4-20-13-8-12(9-19-10-13)16(18-3)14-7-11(2)5-6-15(14)17/h5-10,16,18H,4H2,1-3H3. The van der Waals surface area contributed by atoms with Gasteiger partial charge in [-0.2, -0.15) is 0 Å². The van der Waals surface area contributed by atoms with Gasteiger partial charge in [0.2, 0.25) is 0 Å². The summed E-state index contributed by atoms with van der Waals surface area (Å²) in [7, 11) is 1.95. The number of aryl methyl sites for hydroxylation is 1. The van der Waals surface area contributed by atoms with Crippen LogP contribution < -0.4 is 10.1 Å². The molecule has 0 spiro atoms. The SMILES string of the molecule is CCOc1cncc(C(NC)c2cc(C)ccc2Br)c1. The van der Waals surface area contributed by atoms with Gasteiger partial charge in [-0.25, -0.2) is 0 Å². The van der Waals surface area contributed by atoms with Crippen LogP contribution in [0.25, 0.3) is 0 Å². The highest BCUT2D eigenvalue weighted by Crippen LogP contribution is 2.30. The summed E-state index contributed by atoms with van der Waals surface area (Å²) in [5, 5.41) is 3.35. The molecule has 2 aromatic rings. The van der Waals surface area contributed by atoms with Crippen molar-refractivity contribution in [3.05, 3.63) is 57.8 Å². The van der Waals surface area contributed by atoms with Crippen molar-refractivity contribution < 1.29 is 4.74 Å². The highest BCUT2D eigenvalue weighted by atomic mass is 79.9. The maximum Gasteiger partial charge on any atom is 0.137 e. The summed E-state index contributed by atoms with van der Waals surface area (Å²) in [4.78, 5) is 4.27. The van der Waals surface area contributed by atoms with E-state index in [1.165, 1.54) is 11.1 Å². The van der Waals surface area contributed by atoms with Crippen LogP contribution in [0.5, 0.6) is 5.75 Å². The van der Waals surface area contributed by atoms with Crippen molar-refractivity contribution in [1.82, 2.24) is 10.3 Å². The largest absolute Gasteiger partial charge is 0.492 e. The van der Waals surface area contributed by atoms with Gasteiger partial charge >= 0.3 is 0 Å². The molecule has 2 rings (SSSR count). The summed E-state index contributed by atoms with van der Waals surface area (Å²) in [6.07, 6.45) is 3.61. The zero-order valence-corrected chi connectivity index (χ0v) is 13.6. The van der Waals surface area contributed by atoms with Crippen LogP contribution in [0.4, 0.5) is 0 Å². The van der Waals surface area contributed by atoms with Crippen molar-refractivity contribution in [2.24, 2.45) is 0 Å². The first-order chi connectivity index (χ1) is 9.65. The number of benzene rings is 1. The third-order valence-corrected chi connectivity index (χ3v) is 3.85. The molecule has 1 N–H and O–H groups in total. The predicted octanol–water partition coefficient (Wildman–Crippen LogP) is 3.86. The molecule has 4 heteroatoms. The van der Waals surface area contributed by atoms with Gasteiger partial charge in [-0.1, -0.05) is 33.6 Å². The Labute approximate surface area is 128 Å². The minimum Gasteiger partial charge on any atom is -0.492 e. The van der Waals surface area contributed by atoms with Crippen LogP contribution in [0.1, 0.15) is 29.7 Å². The van der Waals surface area contributed by atoms with Crippen LogP contribution in [-0.2, 0) is 0 Å². The van der Waals surface area contributed by atoms with Crippen molar-refractivity contribution in [2.75, 3.05) is 13.7 Å². The third kappa shape index (κ3) is 3.38. The summed E-state index contributed by atoms with van der Waals surface area (Å²) >= 11 is 3.63. The van der Waals surface area contributed by atoms with Crippen LogP contribution in [0.15, 0.2) is 41.1 Å². The van der Waals surface area contributed by atoms with Crippen molar-refractivity contribution in [3.63, 3.8) is 0 Å². The van der Waals surface area contributed by atoms with Gasteiger partial charge in [0, 0.05) is 10.7 Å². The quantitative estimate of drug-likeness (QED) is 0.901. The van der Waals surface area contributed by atoms with Gasteiger partial charge in [0.05, 0.1) is 18.8 Å². The van der Waals surface area contributed by atoms with Gasteiger partial charge in [-0.15, -0.1) is 0 Å². The summed E-state index contributed by atoms with van der Waals surface area (Å²) < 4.78 is 6.62. The number of halogens is 1. The monoisotopic (exact) mass is 334 g/mol. The molecule has 1 aromatic heterocycles. The van der Waals surface area contributed by atoms with E-state index >= 15 is 0 Å². The van der Waals surface area contributed by atoms with Gasteiger partial charge in [-0.3, -0.25) is 4.98 Å². The van der Waals surface area contributed by atoms with Crippen LogP contribution >= 0.6 is 15.9 Å². The number of ether oxygens (including phenoxy) is 1. The molecule has 0 fully saturated rings. The van der Waals surface area contributed by atoms with E-state index in [1.807, 2.05) is 26.2 Å². The molecule has 3 nitrogen and oxygen atoms in total. The van der Waals surface area contributed by atoms with Crippen molar-refractivity contribution in [1.29, 1.82) is 0 Å². The number of hydrogen-bond donors (Lipinski definition) is 1. The smallest absolute Gasteiger partial charge is 0.137 e. The molecule has 1 atom stereocenters. The van der Waals surface area contributed by atoms with Gasteiger partial charge < -0.3 is 10.1 Å². The van der Waals surface area contributed by atoms with Crippen LogP contribution in [0, 0.1) is 6.92 Å². The number of nitrogens with zero attached hydrogens (tertiary/aromatic N) is 1. The molecular weight excluding hydrogens is 316 g/mol. The summed E-state index contributed by atoms with van der Waals surface area (Å²) in [5.74, 6) is 0.800. The fraction of sp³-hybridized carbons (Fsp3) is 0.312. The molecule has 1 unspecified atom stereocenters. The molecule has 0 saturated carbocycles. The lowest BCUT2D eigenvalue weighted by Crippen LogP contribution is -2.18. The molecule has 0 aliphatic rings. The average Bonchev–Trinajstić information content (AvgIpc) is 2.44. The summed E-state index contributed by atoms with van der Waals surface area (Å²) in [5.41, 5.74) is 3.52. The van der Waals surface area contributed by atoms with Gasteiger partial charge in [-0.05, 0) is 44.2 Å². The highest BCUT2D eigenvalue weighted by molar-refractivity contribution is 9.10. The molecule has 0 saturated heterocycles. The second kappa shape index (κ2) is 6.86. The Bertz CT molecular complexity index is 586. The summed E-state index contributed by atoms with van der Waals surface area (Å²) in [6, 6.07) is 8.46. The lowest BCUT2D eigenvalue weighted by Gasteiger charge is -2.19. The number of pyridine rings is 1. The lowest BCUT2D eigenvalue weighted by atomic mass is 9.98. The molecule has 106 valence electrons. The molecule has 1 heterocycles. The molecule has 0 bridgehead atoms. The summed E-state index contributed by atoms with van der Waals surface area (Å²) in [6.45, 7) is 4.71. The van der Waals surface area contributed by atoms with Gasteiger partial charge in [0.25, 0.3) is 0 Å². The minimum absolute atomic E-state index is 0.0807. The molecule has 0 aliphatic carbocycles. The molecule has 0 radical (unpaired) electrons. The van der Waals surface area contributed by atoms with E-state index in [0.29, 0.717) is 6.61 Å². The molecular formula is C16H19BrN2O. The zero-order valence-electron chi connectivity index (χ0n) is 12.0. The lowest BCUT2D eigenvalue weighted by molar-refractivity contribution is 0.338. The number of rotatable bonds is 5. The molecule has 1 aromatic carbocycles. The Balaban J connectivity index is 2.41. The van der Waals surface area contributed by atoms with Crippen LogP contribution in [0.2, 0.25) is 0 Å². The number of hydrogen-bond acceptors (Lipinski definition) is 3. The van der Waals surface area contributed by atoms with E-state index in [0.717, 1.165) is 15.8 Å². The molecule has 20 heavy (non-hydrogen) atoms. The number of nitrogens with one attached hydrogen (secondary N) is 1. The second-order valence-electron chi connectivity index (χ2n) is 4.63. The predicted molar refractivity (Wildman–Crippen MR) is 85.2 cm³/mol. The van der Waals surface area contributed by atoms with E-state index in [1.54, 1.807) is 6.20 Å². The molecule has 0 aliphatic heterocycles. The maximum atomic E-state index is 5.53. The van der Waals surface area contributed by atoms with Crippen molar-refractivity contribution in [2.45, 2.75) is 19.9 Å². The first kappa shape index (κ1) is 15.0. The fourth-order valence-electron chi connectivity index (χ4n) is 2.23. The number of aromatic nitrogens is 1. The van der Waals surface area contributed by atoms with E-state index in [9.17, 15) is 0 Å². The second-order valence-corrected chi connectivity index (χ2v) is 5.49. The third-order valence-electron chi connectivity index (χ3n) is 3.13. The van der Waals surface area contributed by atoms with Crippen molar-refractivity contribution in [3.8, 4) is 5.75 Å². The Morgan fingerprint density at radius 2 is 2.10 bits per heavy atom. The molecule has 0 amide bonds. The first-order valence-corrected chi connectivity index (χ1v) is 7.46. The van der Waals surface area contributed by atoms with Gasteiger partial charge in [0.1, 0.15) is 5.75 Å². The zero-order chi connectivity index (χ0) is 14.5. The Hall–Kier alpha value is -1.39. The van der Waals surface area contributed by atoms with Crippen LogP contribution in [-0.4, -0.2) is 18.6 Å². The van der Waals surface area contributed by atoms with E-state index < -0.39 is 0 Å². The first-order valence-electron chi connectivity index (χ1n) is 6.66. The Morgan fingerprint density at radius 3 is 2.80 bits per heavy atom. The van der Waals surface area contributed by atoms with Crippen molar-refractivity contribution >= 4 is 15.9 Å².